The zero-order valence-electron chi connectivity index (χ0n) is 18.0. The van der Waals surface area contributed by atoms with Gasteiger partial charge in [-0.25, -0.2) is 9.78 Å². The fourth-order valence-electron chi connectivity index (χ4n) is 3.33. The van der Waals surface area contributed by atoms with Gasteiger partial charge in [-0.3, -0.25) is 4.79 Å². The highest BCUT2D eigenvalue weighted by atomic mass is 16.6. The van der Waals surface area contributed by atoms with Crippen LogP contribution < -0.4 is 10.5 Å². The number of nitrogens with two attached hydrogens (primary N) is 1. The monoisotopic (exact) mass is 436 g/mol. The van der Waals surface area contributed by atoms with E-state index in [2.05, 4.69) is 21.8 Å². The summed E-state index contributed by atoms with van der Waals surface area (Å²) in [5, 5.41) is 0. The van der Waals surface area contributed by atoms with Crippen molar-refractivity contribution >= 4 is 17.6 Å². The highest BCUT2D eigenvalue weighted by Gasteiger charge is 2.28. The molecule has 1 aromatic heterocycles. The largest absolute Gasteiger partial charge is 0.468 e. The molecule has 2 fully saturated rings. The first-order valence-electron chi connectivity index (χ1n) is 10.4. The van der Waals surface area contributed by atoms with Gasteiger partial charge in [-0.15, -0.1) is 0 Å². The summed E-state index contributed by atoms with van der Waals surface area (Å²) in [6.45, 7) is 3.45. The SMILES string of the molecule is CCOC(=O)c1nc(-c2cccc(C#CC3CCN(C)C3=O)c2)nc(OC2COC2)c1N. The van der Waals surface area contributed by atoms with Crippen molar-refractivity contribution in [3.05, 3.63) is 35.5 Å². The van der Waals surface area contributed by atoms with Crippen molar-refractivity contribution in [3.8, 4) is 29.1 Å². The molecule has 2 N–H and O–H groups in total. The third-order valence-electron chi connectivity index (χ3n) is 5.20. The van der Waals surface area contributed by atoms with E-state index in [1.54, 1.807) is 31.0 Å². The quantitative estimate of drug-likeness (QED) is 0.554. The number of likely N-dealkylation sites (tertiary alicyclic amines) is 1. The summed E-state index contributed by atoms with van der Waals surface area (Å²) in [6, 6.07) is 7.25. The molecule has 1 amide bonds. The van der Waals surface area contributed by atoms with Crippen LogP contribution in [0, 0.1) is 17.8 Å². The Balaban J connectivity index is 1.67. The molecule has 166 valence electrons. The Morgan fingerprint density at radius 3 is 2.81 bits per heavy atom. The molecule has 2 aromatic rings. The molecular weight excluding hydrogens is 412 g/mol. The van der Waals surface area contributed by atoms with Crippen LogP contribution in [0.2, 0.25) is 0 Å². The highest BCUT2D eigenvalue weighted by Crippen LogP contribution is 2.29. The number of benzene rings is 1. The lowest BCUT2D eigenvalue weighted by atomic mass is 10.1. The van der Waals surface area contributed by atoms with Crippen molar-refractivity contribution in [1.82, 2.24) is 14.9 Å². The minimum atomic E-state index is -0.650. The van der Waals surface area contributed by atoms with Crippen LogP contribution in [0.4, 0.5) is 5.69 Å². The molecule has 3 heterocycles. The number of rotatable bonds is 5. The number of aromatic nitrogens is 2. The molecule has 32 heavy (non-hydrogen) atoms. The zero-order chi connectivity index (χ0) is 22.7. The standard InChI is InChI=1S/C23H24N4O5/c1-3-31-23(29)19-18(24)21(32-17-12-30-13-17)26-20(25-19)16-6-4-5-14(11-16)7-8-15-9-10-27(2)22(15)28/h4-6,11,15,17H,3,9-10,12-13,24H2,1-2H3. The van der Waals surface area contributed by atoms with Gasteiger partial charge >= 0.3 is 5.97 Å². The number of carbonyl (C=O) groups excluding carboxylic acids is 2. The lowest BCUT2D eigenvalue weighted by Crippen LogP contribution is -2.39. The maximum atomic E-state index is 12.4. The Morgan fingerprint density at radius 2 is 2.16 bits per heavy atom. The Labute approximate surface area is 185 Å². The van der Waals surface area contributed by atoms with Crippen LogP contribution >= 0.6 is 0 Å². The van der Waals surface area contributed by atoms with Gasteiger partial charge in [-0.2, -0.15) is 4.98 Å². The topological polar surface area (TPSA) is 117 Å². The first-order chi connectivity index (χ1) is 15.5. The number of esters is 1. The predicted octanol–water partition coefficient (Wildman–Crippen LogP) is 1.51. The molecule has 0 aliphatic carbocycles. The second-order valence-corrected chi connectivity index (χ2v) is 7.56. The summed E-state index contributed by atoms with van der Waals surface area (Å²) in [5.74, 6) is 5.58. The van der Waals surface area contributed by atoms with E-state index in [4.69, 9.17) is 19.9 Å². The molecule has 0 saturated carbocycles. The van der Waals surface area contributed by atoms with Crippen LogP contribution in [0.1, 0.15) is 29.4 Å². The van der Waals surface area contributed by atoms with Gasteiger partial charge in [0.05, 0.1) is 19.8 Å². The van der Waals surface area contributed by atoms with E-state index in [9.17, 15) is 9.59 Å². The fourth-order valence-corrected chi connectivity index (χ4v) is 3.33. The summed E-state index contributed by atoms with van der Waals surface area (Å²) in [6.07, 6.45) is 0.534. The fraction of sp³-hybridized carbons (Fsp3) is 0.391. The van der Waals surface area contributed by atoms with Gasteiger partial charge in [0.15, 0.2) is 11.5 Å². The summed E-state index contributed by atoms with van der Waals surface area (Å²) in [4.78, 5) is 35.0. The average molecular weight is 436 g/mol. The van der Waals surface area contributed by atoms with Crippen molar-refractivity contribution in [2.75, 3.05) is 39.1 Å². The molecule has 1 atom stereocenters. The number of anilines is 1. The van der Waals surface area contributed by atoms with Crippen LogP contribution in [0.25, 0.3) is 11.4 Å². The van der Waals surface area contributed by atoms with E-state index in [1.165, 1.54) is 0 Å². The number of amides is 1. The van der Waals surface area contributed by atoms with Crippen LogP contribution in [0.5, 0.6) is 5.88 Å². The second kappa shape index (κ2) is 9.24. The normalized spacial score (nSPS) is 18.0. The van der Waals surface area contributed by atoms with Gasteiger partial charge in [0.25, 0.3) is 0 Å². The van der Waals surface area contributed by atoms with Crippen molar-refractivity contribution in [2.45, 2.75) is 19.4 Å². The van der Waals surface area contributed by atoms with E-state index in [0.29, 0.717) is 30.9 Å². The van der Waals surface area contributed by atoms with Crippen LogP contribution in [-0.4, -0.2) is 66.3 Å². The number of carbonyl (C=O) groups is 2. The first kappa shape index (κ1) is 21.6. The lowest BCUT2D eigenvalue weighted by molar-refractivity contribution is -0.128. The molecule has 4 rings (SSSR count). The molecule has 9 nitrogen and oxygen atoms in total. The van der Waals surface area contributed by atoms with Crippen molar-refractivity contribution < 1.29 is 23.8 Å². The van der Waals surface area contributed by atoms with Gasteiger partial charge in [0.1, 0.15) is 17.7 Å². The van der Waals surface area contributed by atoms with Crippen molar-refractivity contribution in [2.24, 2.45) is 5.92 Å². The second-order valence-electron chi connectivity index (χ2n) is 7.56. The average Bonchev–Trinajstić information content (AvgIpc) is 3.08. The third-order valence-corrected chi connectivity index (χ3v) is 5.20. The number of nitrogen functional groups attached to an aromatic ring is 1. The number of hydrogen-bond donors (Lipinski definition) is 1. The van der Waals surface area contributed by atoms with Crippen LogP contribution in [0.3, 0.4) is 0 Å². The van der Waals surface area contributed by atoms with Gasteiger partial charge in [0.2, 0.25) is 11.8 Å². The first-order valence-corrected chi connectivity index (χ1v) is 10.4. The summed E-state index contributed by atoms with van der Waals surface area (Å²) < 4.78 is 16.0. The van der Waals surface area contributed by atoms with E-state index < -0.39 is 5.97 Å². The summed E-state index contributed by atoms with van der Waals surface area (Å²) >= 11 is 0. The number of hydrogen-bond acceptors (Lipinski definition) is 8. The van der Waals surface area contributed by atoms with E-state index in [0.717, 1.165) is 6.42 Å². The minimum Gasteiger partial charge on any atom is -0.468 e. The van der Waals surface area contributed by atoms with Gasteiger partial charge in [0, 0.05) is 24.7 Å². The molecule has 2 saturated heterocycles. The van der Waals surface area contributed by atoms with Crippen molar-refractivity contribution in [1.29, 1.82) is 0 Å². The Bertz CT molecular complexity index is 1100. The van der Waals surface area contributed by atoms with E-state index in [1.807, 2.05) is 12.1 Å². The maximum absolute atomic E-state index is 12.4. The minimum absolute atomic E-state index is 0.0268. The molecule has 2 aliphatic heterocycles. The highest BCUT2D eigenvalue weighted by molar-refractivity contribution is 5.94. The maximum Gasteiger partial charge on any atom is 0.359 e. The van der Waals surface area contributed by atoms with Gasteiger partial charge in [-0.1, -0.05) is 24.0 Å². The Hall–Kier alpha value is -3.64. The molecule has 0 bridgehead atoms. The number of nitrogens with zero attached hydrogens (tertiary/aromatic N) is 3. The molecule has 9 heteroatoms. The Kier molecular flexibility index (Phi) is 6.23. The smallest absolute Gasteiger partial charge is 0.359 e. The summed E-state index contributed by atoms with van der Waals surface area (Å²) in [5.41, 5.74) is 7.42. The predicted molar refractivity (Wildman–Crippen MR) is 116 cm³/mol. The molecular formula is C23H24N4O5. The molecule has 0 spiro atoms. The molecule has 1 aromatic carbocycles. The zero-order valence-corrected chi connectivity index (χ0v) is 18.0. The van der Waals surface area contributed by atoms with Crippen LogP contribution in [0.15, 0.2) is 24.3 Å². The van der Waals surface area contributed by atoms with Gasteiger partial charge < -0.3 is 24.8 Å². The van der Waals surface area contributed by atoms with E-state index >= 15 is 0 Å². The van der Waals surface area contributed by atoms with E-state index in [-0.39, 0.29) is 47.6 Å². The van der Waals surface area contributed by atoms with Crippen LogP contribution in [-0.2, 0) is 14.3 Å². The van der Waals surface area contributed by atoms with Crippen molar-refractivity contribution in [3.63, 3.8) is 0 Å². The molecule has 2 aliphatic rings. The molecule has 1 unspecified atom stereocenters. The molecule has 0 radical (unpaired) electrons. The lowest BCUT2D eigenvalue weighted by Gasteiger charge is -2.27. The summed E-state index contributed by atoms with van der Waals surface area (Å²) in [7, 11) is 1.78. The Morgan fingerprint density at radius 1 is 1.34 bits per heavy atom. The number of ether oxygens (including phenoxy) is 3. The third kappa shape index (κ3) is 4.50. The van der Waals surface area contributed by atoms with Gasteiger partial charge in [-0.05, 0) is 25.5 Å².